The summed E-state index contributed by atoms with van der Waals surface area (Å²) in [6.45, 7) is 1.51. The molecule has 4 rings (SSSR count). The number of hydrogen-bond acceptors (Lipinski definition) is 5. The fourth-order valence-electron chi connectivity index (χ4n) is 3.26. The SMILES string of the molecule is Cc1cc(=O)c2c(cc(O)c3c4c(O)cccc4c(=O)c32)c1=O.[Na+]. The van der Waals surface area contributed by atoms with Crippen LogP contribution in [0.4, 0.5) is 0 Å². The van der Waals surface area contributed by atoms with Crippen molar-refractivity contribution < 1.29 is 39.8 Å². The summed E-state index contributed by atoms with van der Waals surface area (Å²) in [5.41, 5.74) is -1.07. The molecule has 0 saturated carbocycles. The molecule has 5 nitrogen and oxygen atoms in total. The van der Waals surface area contributed by atoms with Gasteiger partial charge in [0.1, 0.15) is 11.5 Å². The summed E-state index contributed by atoms with van der Waals surface area (Å²) in [7, 11) is 0. The van der Waals surface area contributed by atoms with E-state index in [4.69, 9.17) is 0 Å². The molecule has 0 spiro atoms. The van der Waals surface area contributed by atoms with Gasteiger partial charge >= 0.3 is 29.6 Å². The minimum atomic E-state index is -0.479. The Labute approximate surface area is 156 Å². The van der Waals surface area contributed by atoms with Gasteiger partial charge in [0.2, 0.25) is 0 Å². The van der Waals surface area contributed by atoms with Crippen LogP contribution >= 0.6 is 0 Å². The van der Waals surface area contributed by atoms with E-state index in [0.717, 1.165) is 0 Å². The van der Waals surface area contributed by atoms with Crippen LogP contribution in [-0.4, -0.2) is 10.2 Å². The van der Waals surface area contributed by atoms with E-state index in [9.17, 15) is 24.6 Å². The topological polar surface area (TPSA) is 91.7 Å². The average Bonchev–Trinajstić information content (AvgIpc) is 2.81. The second kappa shape index (κ2) is 5.41. The summed E-state index contributed by atoms with van der Waals surface area (Å²) in [4.78, 5) is 37.3. The molecule has 4 aromatic rings. The van der Waals surface area contributed by atoms with Crippen LogP contribution in [0.15, 0.2) is 44.7 Å². The van der Waals surface area contributed by atoms with Crippen LogP contribution in [0.25, 0.3) is 32.3 Å². The van der Waals surface area contributed by atoms with Crippen molar-refractivity contribution in [2.45, 2.75) is 6.92 Å². The molecule has 112 valence electrons. The van der Waals surface area contributed by atoms with Gasteiger partial charge in [-0.1, -0.05) is 12.1 Å². The molecular formula is C18H10NaO5+. The maximum Gasteiger partial charge on any atom is 1.00 e. The molecule has 6 heteroatoms. The van der Waals surface area contributed by atoms with Crippen LogP contribution in [-0.2, 0) is 0 Å². The number of phenolic OH excluding ortho intramolecular Hbond substituents is 2. The molecule has 24 heavy (non-hydrogen) atoms. The summed E-state index contributed by atoms with van der Waals surface area (Å²) in [6.07, 6.45) is 0. The first-order valence-electron chi connectivity index (χ1n) is 6.96. The first kappa shape index (κ1) is 16.6. The smallest absolute Gasteiger partial charge is 0.507 e. The van der Waals surface area contributed by atoms with Gasteiger partial charge in [0.25, 0.3) is 0 Å². The summed E-state index contributed by atoms with van der Waals surface area (Å²) in [6, 6.07) is 6.81. The van der Waals surface area contributed by atoms with Crippen molar-refractivity contribution in [1.29, 1.82) is 0 Å². The van der Waals surface area contributed by atoms with Crippen molar-refractivity contribution in [1.82, 2.24) is 0 Å². The maximum atomic E-state index is 12.7. The van der Waals surface area contributed by atoms with E-state index in [1.807, 2.05) is 0 Å². The average molecular weight is 329 g/mol. The van der Waals surface area contributed by atoms with Crippen molar-refractivity contribution >= 4 is 32.3 Å². The minimum absolute atomic E-state index is 0. The van der Waals surface area contributed by atoms with Crippen molar-refractivity contribution in [2.24, 2.45) is 0 Å². The summed E-state index contributed by atoms with van der Waals surface area (Å²) >= 11 is 0. The molecule has 0 amide bonds. The van der Waals surface area contributed by atoms with E-state index in [2.05, 4.69) is 0 Å². The van der Waals surface area contributed by atoms with Crippen molar-refractivity contribution in [3.05, 3.63) is 66.6 Å². The predicted octanol–water partition coefficient (Wildman–Crippen LogP) is -1.17. The van der Waals surface area contributed by atoms with Crippen LogP contribution in [0.2, 0.25) is 0 Å². The fraction of sp³-hybridized carbons (Fsp3) is 0.0556. The molecule has 4 aromatic carbocycles. The molecule has 0 saturated heterocycles. The van der Waals surface area contributed by atoms with Crippen LogP contribution in [0, 0.1) is 6.92 Å². The standard InChI is InChI=1S/C18H10O5.Na/c1-7-5-11(20)14-9(17(7)22)6-12(21)15-13-8(18(23)16(14)15)3-2-4-10(13)19;/h2-6,19,21H,1H3;/q;+1. The number of hydrogen-bond donors (Lipinski definition) is 2. The second-order valence-electron chi connectivity index (χ2n) is 5.62. The molecule has 2 N–H and O–H groups in total. The van der Waals surface area contributed by atoms with Crippen LogP contribution in [0.5, 0.6) is 11.5 Å². The second-order valence-corrected chi connectivity index (χ2v) is 5.62. The number of fused-ring (bicyclic) bond motifs is 5. The molecule has 0 radical (unpaired) electrons. The van der Waals surface area contributed by atoms with Crippen LogP contribution in [0.1, 0.15) is 5.56 Å². The third-order valence-electron chi connectivity index (χ3n) is 4.27. The van der Waals surface area contributed by atoms with E-state index < -0.39 is 16.3 Å². The Morgan fingerprint density at radius 3 is 2.17 bits per heavy atom. The van der Waals surface area contributed by atoms with E-state index in [0.29, 0.717) is 0 Å². The largest absolute Gasteiger partial charge is 1.00 e. The quantitative estimate of drug-likeness (QED) is 0.397. The number of phenols is 2. The molecule has 0 aromatic heterocycles. The van der Waals surface area contributed by atoms with Gasteiger partial charge in [0, 0.05) is 37.9 Å². The summed E-state index contributed by atoms with van der Waals surface area (Å²) in [5.74, 6) is -0.464. The Kier molecular flexibility index (Phi) is 3.75. The summed E-state index contributed by atoms with van der Waals surface area (Å²) < 4.78 is 0. The Hall–Kier alpha value is -2.21. The zero-order valence-electron chi connectivity index (χ0n) is 13.0. The van der Waals surface area contributed by atoms with Crippen molar-refractivity contribution in [3.63, 3.8) is 0 Å². The summed E-state index contributed by atoms with van der Waals surface area (Å²) in [5, 5.41) is 20.9. The fourth-order valence-corrected chi connectivity index (χ4v) is 3.26. The van der Waals surface area contributed by atoms with Crippen molar-refractivity contribution in [2.75, 3.05) is 0 Å². The number of aromatic hydroxyl groups is 2. The number of rotatable bonds is 0. The molecule has 0 bridgehead atoms. The van der Waals surface area contributed by atoms with E-state index in [-0.39, 0.29) is 78.9 Å². The molecule has 0 atom stereocenters. The van der Waals surface area contributed by atoms with Crippen LogP contribution in [0.3, 0.4) is 0 Å². The van der Waals surface area contributed by atoms with Crippen molar-refractivity contribution in [3.8, 4) is 11.5 Å². The first-order chi connectivity index (χ1) is 10.9. The zero-order valence-corrected chi connectivity index (χ0v) is 15.0. The third-order valence-corrected chi connectivity index (χ3v) is 4.27. The van der Waals surface area contributed by atoms with E-state index >= 15 is 0 Å². The van der Waals surface area contributed by atoms with Gasteiger partial charge in [-0.25, -0.2) is 0 Å². The first-order valence-corrected chi connectivity index (χ1v) is 6.96. The number of benzene rings is 3. The van der Waals surface area contributed by atoms with Crippen LogP contribution < -0.4 is 45.8 Å². The monoisotopic (exact) mass is 329 g/mol. The van der Waals surface area contributed by atoms with Gasteiger partial charge in [-0.3, -0.25) is 14.4 Å². The zero-order chi connectivity index (χ0) is 16.5. The Balaban J connectivity index is 0.00000169. The van der Waals surface area contributed by atoms with Gasteiger partial charge in [0.15, 0.2) is 16.3 Å². The molecule has 0 aliphatic heterocycles. The number of aryl methyl sites for hydroxylation is 1. The Morgan fingerprint density at radius 2 is 1.46 bits per heavy atom. The van der Waals surface area contributed by atoms with Gasteiger partial charge in [0.05, 0.1) is 0 Å². The Bertz CT molecular complexity index is 1300. The van der Waals surface area contributed by atoms with Gasteiger partial charge in [-0.05, 0) is 25.1 Å². The van der Waals surface area contributed by atoms with E-state index in [1.54, 1.807) is 0 Å². The molecule has 0 heterocycles. The van der Waals surface area contributed by atoms with Gasteiger partial charge < -0.3 is 10.2 Å². The van der Waals surface area contributed by atoms with Gasteiger partial charge in [-0.2, -0.15) is 0 Å². The third kappa shape index (κ3) is 1.95. The molecule has 0 aliphatic carbocycles. The molecule has 0 fully saturated rings. The van der Waals surface area contributed by atoms with Gasteiger partial charge in [-0.15, -0.1) is 0 Å². The predicted molar refractivity (Wildman–Crippen MR) is 88.2 cm³/mol. The normalized spacial score (nSPS) is 11.2. The molecule has 0 aliphatic rings. The maximum absolute atomic E-state index is 12.7. The minimum Gasteiger partial charge on any atom is -0.507 e. The van der Waals surface area contributed by atoms with E-state index in [1.165, 1.54) is 37.3 Å². The molecule has 0 unspecified atom stereocenters. The molecular weight excluding hydrogens is 319 g/mol. The Morgan fingerprint density at radius 1 is 0.750 bits per heavy atom.